The quantitative estimate of drug-likeness (QED) is 0.626. The molecule has 0 bridgehead atoms. The monoisotopic (exact) mass is 326 g/mol. The van der Waals surface area contributed by atoms with E-state index in [-0.39, 0.29) is 5.97 Å². The van der Waals surface area contributed by atoms with E-state index < -0.39 is 0 Å². The number of carbonyl (C=O) groups is 1. The maximum absolute atomic E-state index is 11.2. The number of carbonyl (C=O) groups excluding carboxylic acids is 1. The third kappa shape index (κ3) is 2.19. The number of hydrogen-bond acceptors (Lipinski definition) is 2. The summed E-state index contributed by atoms with van der Waals surface area (Å²) in [4.78, 5) is 11.2. The van der Waals surface area contributed by atoms with Crippen molar-refractivity contribution >= 4 is 39.3 Å². The molecule has 0 atom stereocenters. The number of rotatable bonds is 2. The lowest BCUT2D eigenvalue weighted by Gasteiger charge is -2.06. The lowest BCUT2D eigenvalue weighted by molar-refractivity contribution is -0.139. The molecule has 0 N–H and O–H groups in total. The lowest BCUT2D eigenvalue weighted by atomic mass is 10.1. The summed E-state index contributed by atoms with van der Waals surface area (Å²) in [5.74, 6) is -0.201. The summed E-state index contributed by atoms with van der Waals surface area (Å²) in [6.45, 7) is 0. The predicted octanol–water partition coefficient (Wildman–Crippen LogP) is 3.16. The minimum absolute atomic E-state index is 0.201. The number of ether oxygens (including phenoxy) is 1. The van der Waals surface area contributed by atoms with Gasteiger partial charge < -0.3 is 4.74 Å². The fraction of sp³-hybridized carbons (Fsp3) is 0.154. The average molecular weight is 326 g/mol. The van der Waals surface area contributed by atoms with E-state index >= 15 is 0 Å². The van der Waals surface area contributed by atoms with Crippen LogP contribution in [0.2, 0.25) is 0 Å². The maximum atomic E-state index is 11.2. The van der Waals surface area contributed by atoms with Crippen molar-refractivity contribution in [2.75, 3.05) is 7.11 Å². The summed E-state index contributed by atoms with van der Waals surface area (Å²) < 4.78 is 5.80. The molecule has 2 rings (SSSR count). The minimum atomic E-state index is -0.201. The van der Waals surface area contributed by atoms with E-state index in [4.69, 9.17) is 0 Å². The molecular weight excluding hydrogens is 315 g/mol. The third-order valence-corrected chi connectivity index (χ3v) is 3.78. The van der Waals surface area contributed by atoms with Crippen LogP contribution in [0, 0.1) is 3.57 Å². The normalized spacial score (nSPS) is 10.4. The van der Waals surface area contributed by atoms with Crippen LogP contribution in [0.3, 0.4) is 0 Å². The molecule has 0 saturated heterocycles. The Hall–Kier alpha value is -1.10. The average Bonchev–Trinajstić information content (AvgIpc) is 2.33. The number of halogens is 1. The van der Waals surface area contributed by atoms with Gasteiger partial charge in [0.25, 0.3) is 0 Å². The zero-order valence-electron chi connectivity index (χ0n) is 8.87. The van der Waals surface area contributed by atoms with Gasteiger partial charge >= 0.3 is 5.97 Å². The van der Waals surface area contributed by atoms with Crippen LogP contribution in [0.5, 0.6) is 0 Å². The summed E-state index contributed by atoms with van der Waals surface area (Å²) in [5, 5.41) is 2.38. The number of esters is 1. The van der Waals surface area contributed by atoms with Crippen molar-refractivity contribution in [2.45, 2.75) is 6.42 Å². The van der Waals surface area contributed by atoms with Crippen LogP contribution < -0.4 is 0 Å². The molecule has 0 radical (unpaired) electrons. The molecule has 0 aromatic heterocycles. The summed E-state index contributed by atoms with van der Waals surface area (Å²) in [6, 6.07) is 12.2. The van der Waals surface area contributed by atoms with E-state index in [1.165, 1.54) is 17.9 Å². The Labute approximate surface area is 108 Å². The SMILES string of the molecule is COC(=O)Cc1ccc2ccccc2c1I. The van der Waals surface area contributed by atoms with Gasteiger partial charge in [-0.1, -0.05) is 36.4 Å². The van der Waals surface area contributed by atoms with Gasteiger partial charge in [-0.2, -0.15) is 0 Å². The van der Waals surface area contributed by atoms with Gasteiger partial charge in [-0.3, -0.25) is 4.79 Å². The fourth-order valence-corrected chi connectivity index (χ4v) is 2.50. The van der Waals surface area contributed by atoms with Crippen LogP contribution in [0.4, 0.5) is 0 Å². The van der Waals surface area contributed by atoms with E-state index in [9.17, 15) is 4.79 Å². The third-order valence-electron chi connectivity index (χ3n) is 2.51. The second kappa shape index (κ2) is 4.82. The van der Waals surface area contributed by atoms with E-state index in [0.717, 1.165) is 9.13 Å². The summed E-state index contributed by atoms with van der Waals surface area (Å²) >= 11 is 2.28. The summed E-state index contributed by atoms with van der Waals surface area (Å²) in [7, 11) is 1.41. The lowest BCUT2D eigenvalue weighted by Crippen LogP contribution is -2.05. The molecule has 0 aliphatic carbocycles. The molecule has 82 valence electrons. The molecule has 2 nitrogen and oxygen atoms in total. The molecule has 0 heterocycles. The van der Waals surface area contributed by atoms with Crippen molar-refractivity contribution in [2.24, 2.45) is 0 Å². The van der Waals surface area contributed by atoms with Crippen molar-refractivity contribution in [1.29, 1.82) is 0 Å². The molecule has 2 aromatic rings. The molecule has 0 amide bonds. The molecule has 16 heavy (non-hydrogen) atoms. The minimum Gasteiger partial charge on any atom is -0.469 e. The Kier molecular flexibility index (Phi) is 3.43. The van der Waals surface area contributed by atoms with Crippen LogP contribution in [0.25, 0.3) is 10.8 Å². The molecular formula is C13H11IO2. The molecule has 3 heteroatoms. The number of methoxy groups -OCH3 is 1. The first-order valence-electron chi connectivity index (χ1n) is 4.95. The van der Waals surface area contributed by atoms with Crippen molar-refractivity contribution in [1.82, 2.24) is 0 Å². The Morgan fingerprint density at radius 3 is 2.75 bits per heavy atom. The van der Waals surface area contributed by atoms with E-state index in [0.29, 0.717) is 6.42 Å². The molecule has 0 fully saturated rings. The van der Waals surface area contributed by atoms with E-state index in [1.54, 1.807) is 0 Å². The van der Waals surface area contributed by atoms with Crippen molar-refractivity contribution < 1.29 is 9.53 Å². The van der Waals surface area contributed by atoms with Crippen LogP contribution >= 0.6 is 22.6 Å². The number of fused-ring (bicyclic) bond motifs is 1. The highest BCUT2D eigenvalue weighted by atomic mass is 127. The van der Waals surface area contributed by atoms with Gasteiger partial charge in [-0.15, -0.1) is 0 Å². The molecule has 0 aliphatic rings. The van der Waals surface area contributed by atoms with Crippen molar-refractivity contribution in [3.63, 3.8) is 0 Å². The van der Waals surface area contributed by atoms with Gasteiger partial charge in [0.1, 0.15) is 0 Å². The smallest absolute Gasteiger partial charge is 0.310 e. The summed E-state index contributed by atoms with van der Waals surface area (Å²) in [6.07, 6.45) is 0.333. The Morgan fingerprint density at radius 2 is 2.00 bits per heavy atom. The van der Waals surface area contributed by atoms with Crippen molar-refractivity contribution in [3.8, 4) is 0 Å². The maximum Gasteiger partial charge on any atom is 0.310 e. The van der Waals surface area contributed by atoms with Crippen LogP contribution in [0.1, 0.15) is 5.56 Å². The molecule has 0 aliphatic heterocycles. The first-order valence-corrected chi connectivity index (χ1v) is 6.03. The number of hydrogen-bond donors (Lipinski definition) is 0. The Morgan fingerprint density at radius 1 is 1.25 bits per heavy atom. The van der Waals surface area contributed by atoms with Crippen molar-refractivity contribution in [3.05, 3.63) is 45.5 Å². The first-order chi connectivity index (χ1) is 7.72. The second-order valence-corrected chi connectivity index (χ2v) is 4.59. The number of benzene rings is 2. The van der Waals surface area contributed by atoms with Gasteiger partial charge in [0.2, 0.25) is 0 Å². The van der Waals surface area contributed by atoms with Crippen LogP contribution in [-0.4, -0.2) is 13.1 Å². The predicted molar refractivity (Wildman–Crippen MR) is 72.4 cm³/mol. The molecule has 0 unspecified atom stereocenters. The Bertz CT molecular complexity index is 534. The van der Waals surface area contributed by atoms with Crippen LogP contribution in [0.15, 0.2) is 36.4 Å². The van der Waals surface area contributed by atoms with Gasteiger partial charge in [-0.25, -0.2) is 0 Å². The largest absolute Gasteiger partial charge is 0.469 e. The van der Waals surface area contributed by atoms with Gasteiger partial charge in [0.05, 0.1) is 13.5 Å². The van der Waals surface area contributed by atoms with Crippen LogP contribution in [-0.2, 0) is 16.0 Å². The highest BCUT2D eigenvalue weighted by Crippen LogP contribution is 2.24. The standard InChI is InChI=1S/C13H11IO2/c1-16-12(15)8-10-7-6-9-4-2-3-5-11(9)13(10)14/h2-7H,8H2,1H3. The molecule has 2 aromatic carbocycles. The topological polar surface area (TPSA) is 26.3 Å². The highest BCUT2D eigenvalue weighted by Gasteiger charge is 2.08. The first kappa shape index (κ1) is 11.4. The Balaban J connectivity index is 2.48. The zero-order valence-corrected chi connectivity index (χ0v) is 11.0. The van der Waals surface area contributed by atoms with E-state index in [2.05, 4.69) is 39.5 Å². The highest BCUT2D eigenvalue weighted by molar-refractivity contribution is 14.1. The summed E-state index contributed by atoms with van der Waals surface area (Å²) in [5.41, 5.74) is 1.02. The molecule has 0 spiro atoms. The van der Waals surface area contributed by atoms with E-state index in [1.807, 2.05) is 24.3 Å². The van der Waals surface area contributed by atoms with Gasteiger partial charge in [0, 0.05) is 3.57 Å². The molecule has 0 saturated carbocycles. The second-order valence-electron chi connectivity index (χ2n) is 3.51. The van der Waals surface area contributed by atoms with Gasteiger partial charge in [-0.05, 0) is 38.9 Å². The fourth-order valence-electron chi connectivity index (χ4n) is 1.64. The zero-order chi connectivity index (χ0) is 11.5. The van der Waals surface area contributed by atoms with Gasteiger partial charge in [0.15, 0.2) is 0 Å².